The number of hydrogen-bond donors (Lipinski definition) is 2. The van der Waals surface area contributed by atoms with E-state index in [-0.39, 0.29) is 17.9 Å². The van der Waals surface area contributed by atoms with Crippen LogP contribution >= 0.6 is 11.3 Å². The Morgan fingerprint density at radius 1 is 1.14 bits per heavy atom. The molecule has 2 N–H and O–H groups in total. The van der Waals surface area contributed by atoms with Gasteiger partial charge in [-0.3, -0.25) is 9.59 Å². The summed E-state index contributed by atoms with van der Waals surface area (Å²) in [6, 6.07) is 7.87. The second-order valence-corrected chi connectivity index (χ2v) is 8.39. The summed E-state index contributed by atoms with van der Waals surface area (Å²) < 4.78 is 1.01. The summed E-state index contributed by atoms with van der Waals surface area (Å²) in [5.74, 6) is -1.57. The number of carboxylic acids is 1. The third-order valence-corrected chi connectivity index (χ3v) is 6.60. The molecule has 28 heavy (non-hydrogen) atoms. The molecule has 2 amide bonds. The van der Waals surface area contributed by atoms with Crippen LogP contribution in [0, 0.1) is 0 Å². The number of rotatable bonds is 3. The Morgan fingerprint density at radius 3 is 2.71 bits per heavy atom. The molecular formula is C21H22N2O4S. The van der Waals surface area contributed by atoms with Gasteiger partial charge in [-0.1, -0.05) is 30.4 Å². The molecule has 3 unspecified atom stereocenters. The van der Waals surface area contributed by atoms with Crippen LogP contribution in [0.1, 0.15) is 41.8 Å². The Hall–Kier alpha value is -2.67. The van der Waals surface area contributed by atoms with E-state index in [0.717, 1.165) is 22.9 Å². The maximum absolute atomic E-state index is 13.2. The van der Waals surface area contributed by atoms with Crippen molar-refractivity contribution in [3.63, 3.8) is 0 Å². The number of fused-ring (bicyclic) bond motifs is 2. The Balaban J connectivity index is 1.58. The zero-order valence-electron chi connectivity index (χ0n) is 15.3. The maximum atomic E-state index is 13.2. The summed E-state index contributed by atoms with van der Waals surface area (Å²) in [4.78, 5) is 39.8. The van der Waals surface area contributed by atoms with E-state index in [1.165, 1.54) is 16.2 Å². The van der Waals surface area contributed by atoms with E-state index >= 15 is 0 Å². The SMILES string of the molecule is O=C(NC1CC=CCC2CCCC(C(=O)O)N2C1=O)c1cc2ccccc2s1. The van der Waals surface area contributed by atoms with Gasteiger partial charge >= 0.3 is 5.97 Å². The number of carbonyl (C=O) groups excluding carboxylic acids is 2. The van der Waals surface area contributed by atoms with E-state index in [2.05, 4.69) is 5.32 Å². The van der Waals surface area contributed by atoms with Crippen molar-refractivity contribution in [2.24, 2.45) is 0 Å². The summed E-state index contributed by atoms with van der Waals surface area (Å²) in [7, 11) is 0. The van der Waals surface area contributed by atoms with Crippen LogP contribution in [0.5, 0.6) is 0 Å². The molecule has 2 aromatic rings. The Labute approximate surface area is 166 Å². The first-order valence-electron chi connectivity index (χ1n) is 9.54. The van der Waals surface area contributed by atoms with E-state index in [1.807, 2.05) is 42.5 Å². The maximum Gasteiger partial charge on any atom is 0.326 e. The quantitative estimate of drug-likeness (QED) is 0.778. The van der Waals surface area contributed by atoms with E-state index in [0.29, 0.717) is 24.1 Å². The molecule has 2 aliphatic rings. The van der Waals surface area contributed by atoms with E-state index in [1.54, 1.807) is 0 Å². The van der Waals surface area contributed by atoms with Crippen LogP contribution in [-0.2, 0) is 9.59 Å². The summed E-state index contributed by atoms with van der Waals surface area (Å²) in [6.45, 7) is 0. The predicted octanol–water partition coefficient (Wildman–Crippen LogP) is 3.18. The first kappa shape index (κ1) is 18.7. The van der Waals surface area contributed by atoms with Crippen molar-refractivity contribution in [2.45, 2.75) is 50.2 Å². The molecule has 1 fully saturated rings. The van der Waals surface area contributed by atoms with E-state index in [4.69, 9.17) is 0 Å². The van der Waals surface area contributed by atoms with Crippen molar-refractivity contribution in [3.05, 3.63) is 47.4 Å². The number of thiophene rings is 1. The molecule has 4 rings (SSSR count). The molecule has 0 spiro atoms. The zero-order valence-corrected chi connectivity index (χ0v) is 16.2. The summed E-state index contributed by atoms with van der Waals surface area (Å²) >= 11 is 1.38. The molecule has 2 aliphatic heterocycles. The molecule has 0 aliphatic carbocycles. The van der Waals surface area contributed by atoms with Gasteiger partial charge in [0.1, 0.15) is 12.1 Å². The fourth-order valence-corrected chi connectivity index (χ4v) is 5.06. The smallest absolute Gasteiger partial charge is 0.326 e. The van der Waals surface area contributed by atoms with Gasteiger partial charge in [-0.2, -0.15) is 0 Å². The zero-order chi connectivity index (χ0) is 19.7. The second-order valence-electron chi connectivity index (χ2n) is 7.30. The van der Waals surface area contributed by atoms with Crippen molar-refractivity contribution in [3.8, 4) is 0 Å². The molecule has 1 aromatic carbocycles. The standard InChI is InChI=1S/C21H22N2O4S/c24-19(18-12-13-6-1-4-11-17(13)28-18)22-15-9-3-2-7-14-8-5-10-16(21(26)27)23(14)20(15)25/h1-4,6,11-12,14-16H,5,7-10H2,(H,22,24)(H,26,27). The lowest BCUT2D eigenvalue weighted by atomic mass is 9.90. The van der Waals surface area contributed by atoms with Crippen molar-refractivity contribution in [2.75, 3.05) is 0 Å². The average molecular weight is 398 g/mol. The van der Waals surface area contributed by atoms with Crippen LogP contribution < -0.4 is 5.32 Å². The highest BCUT2D eigenvalue weighted by atomic mass is 32.1. The van der Waals surface area contributed by atoms with Gasteiger partial charge in [-0.25, -0.2) is 4.79 Å². The highest BCUT2D eigenvalue weighted by Gasteiger charge is 2.41. The third-order valence-electron chi connectivity index (χ3n) is 5.48. The highest BCUT2D eigenvalue weighted by Crippen LogP contribution is 2.29. The molecule has 1 saturated heterocycles. The van der Waals surface area contributed by atoms with Crippen molar-refractivity contribution in [1.82, 2.24) is 10.2 Å². The number of hydrogen-bond acceptors (Lipinski definition) is 4. The van der Waals surface area contributed by atoms with Gasteiger partial charge in [-0.15, -0.1) is 11.3 Å². The largest absolute Gasteiger partial charge is 0.480 e. The molecule has 0 bridgehead atoms. The average Bonchev–Trinajstić information content (AvgIpc) is 3.12. The lowest BCUT2D eigenvalue weighted by Crippen LogP contribution is -2.59. The fourth-order valence-electron chi connectivity index (χ4n) is 4.10. The number of piperidine rings is 1. The van der Waals surface area contributed by atoms with Crippen LogP contribution in [0.2, 0.25) is 0 Å². The van der Waals surface area contributed by atoms with Crippen LogP contribution in [0.3, 0.4) is 0 Å². The summed E-state index contributed by atoms with van der Waals surface area (Å²) in [5, 5.41) is 13.4. The van der Waals surface area contributed by atoms with Gasteiger partial charge in [0.25, 0.3) is 5.91 Å². The van der Waals surface area contributed by atoms with Crippen molar-refractivity contribution in [1.29, 1.82) is 0 Å². The number of benzene rings is 1. The number of aliphatic carboxylic acids is 1. The fraction of sp³-hybridized carbons (Fsp3) is 0.381. The Kier molecular flexibility index (Phi) is 5.17. The first-order chi connectivity index (χ1) is 13.5. The molecule has 1 aromatic heterocycles. The van der Waals surface area contributed by atoms with Crippen LogP contribution in [0.4, 0.5) is 0 Å². The lowest BCUT2D eigenvalue weighted by Gasteiger charge is -2.42. The number of nitrogens with one attached hydrogen (secondary N) is 1. The van der Waals surface area contributed by atoms with E-state index < -0.39 is 18.1 Å². The van der Waals surface area contributed by atoms with Crippen molar-refractivity contribution >= 4 is 39.2 Å². The molecule has 3 heterocycles. The van der Waals surface area contributed by atoms with Crippen LogP contribution in [0.25, 0.3) is 10.1 Å². The lowest BCUT2D eigenvalue weighted by molar-refractivity contribution is -0.156. The Bertz CT molecular complexity index is 918. The molecule has 7 heteroatoms. The van der Waals surface area contributed by atoms with Gasteiger partial charge in [0.05, 0.1) is 4.88 Å². The van der Waals surface area contributed by atoms with Crippen LogP contribution in [0.15, 0.2) is 42.5 Å². The van der Waals surface area contributed by atoms with Gasteiger partial charge in [-0.05, 0) is 49.6 Å². The van der Waals surface area contributed by atoms with Gasteiger partial charge < -0.3 is 15.3 Å². The highest BCUT2D eigenvalue weighted by molar-refractivity contribution is 7.20. The van der Waals surface area contributed by atoms with Gasteiger partial charge in [0.15, 0.2) is 0 Å². The summed E-state index contributed by atoms with van der Waals surface area (Å²) in [6.07, 6.45) is 6.97. The molecule has 0 saturated carbocycles. The minimum Gasteiger partial charge on any atom is -0.480 e. The van der Waals surface area contributed by atoms with Gasteiger partial charge in [0.2, 0.25) is 5.91 Å². The minimum atomic E-state index is -0.975. The molecule has 3 atom stereocenters. The van der Waals surface area contributed by atoms with Gasteiger partial charge in [0, 0.05) is 10.7 Å². The predicted molar refractivity (Wildman–Crippen MR) is 107 cm³/mol. The Morgan fingerprint density at radius 2 is 1.93 bits per heavy atom. The number of amides is 2. The molecular weight excluding hydrogens is 376 g/mol. The number of carbonyl (C=O) groups is 3. The third kappa shape index (κ3) is 3.54. The van der Waals surface area contributed by atoms with Crippen LogP contribution in [-0.4, -0.2) is 45.9 Å². The number of carboxylic acid groups (broad SMARTS) is 1. The number of nitrogens with zero attached hydrogens (tertiary/aromatic N) is 1. The first-order valence-corrected chi connectivity index (χ1v) is 10.4. The topological polar surface area (TPSA) is 86.7 Å². The molecule has 6 nitrogen and oxygen atoms in total. The summed E-state index contributed by atoms with van der Waals surface area (Å²) in [5.41, 5.74) is 0. The van der Waals surface area contributed by atoms with E-state index in [9.17, 15) is 19.5 Å². The normalized spacial score (nSPS) is 25.1. The monoisotopic (exact) mass is 398 g/mol. The minimum absolute atomic E-state index is 0.123. The molecule has 146 valence electrons. The second kappa shape index (κ2) is 7.75. The molecule has 0 radical (unpaired) electrons. The van der Waals surface area contributed by atoms with Crippen molar-refractivity contribution < 1.29 is 19.5 Å².